The third-order valence-corrected chi connectivity index (χ3v) is 3.61. The molecule has 1 aliphatic rings. The second-order valence-corrected chi connectivity index (χ2v) is 4.54. The minimum atomic E-state index is 0.136. The first-order valence-corrected chi connectivity index (χ1v) is 5.94. The summed E-state index contributed by atoms with van der Waals surface area (Å²) in [5, 5.41) is 1.89. The van der Waals surface area contributed by atoms with Crippen molar-refractivity contribution in [3.05, 3.63) is 23.5 Å². The van der Waals surface area contributed by atoms with Crippen molar-refractivity contribution >= 4 is 22.2 Å². The minimum absolute atomic E-state index is 0.136. The van der Waals surface area contributed by atoms with E-state index in [1.807, 2.05) is 20.9 Å². The first kappa shape index (κ1) is 8.91. The molecule has 0 bridgehead atoms. The van der Waals surface area contributed by atoms with Crippen molar-refractivity contribution in [1.82, 2.24) is 14.3 Å². The van der Waals surface area contributed by atoms with Gasteiger partial charge in [0.05, 0.1) is 0 Å². The van der Waals surface area contributed by atoms with Crippen molar-refractivity contribution in [2.24, 2.45) is 0 Å². The quantitative estimate of drug-likeness (QED) is 0.734. The highest BCUT2D eigenvalue weighted by molar-refractivity contribution is 7.15. The van der Waals surface area contributed by atoms with E-state index >= 15 is 0 Å². The number of amides is 1. The molecular weight excluding hydrogens is 210 g/mol. The van der Waals surface area contributed by atoms with Gasteiger partial charge in [0.2, 0.25) is 0 Å². The third kappa shape index (κ3) is 1.34. The van der Waals surface area contributed by atoms with E-state index in [1.54, 1.807) is 6.20 Å². The summed E-state index contributed by atoms with van der Waals surface area (Å²) in [7, 11) is 0. The first-order chi connectivity index (χ1) is 7.36. The lowest BCUT2D eigenvalue weighted by molar-refractivity contribution is 0.0786. The Hall–Kier alpha value is -1.36. The molecule has 3 heterocycles. The highest BCUT2D eigenvalue weighted by Gasteiger charge is 2.22. The monoisotopic (exact) mass is 221 g/mol. The Kier molecular flexibility index (Phi) is 1.98. The molecule has 0 saturated carbocycles. The molecule has 0 unspecified atom stereocenters. The van der Waals surface area contributed by atoms with Gasteiger partial charge in [-0.15, -0.1) is 11.3 Å². The largest absolute Gasteiger partial charge is 0.337 e. The molecule has 0 aromatic carbocycles. The van der Waals surface area contributed by atoms with Crippen LogP contribution in [0, 0.1) is 0 Å². The topological polar surface area (TPSA) is 37.6 Å². The molecule has 0 spiro atoms. The molecule has 2 aromatic rings. The molecule has 78 valence electrons. The van der Waals surface area contributed by atoms with Crippen LogP contribution in [0.4, 0.5) is 0 Å². The normalized spacial score (nSPS) is 16.4. The Morgan fingerprint density at radius 2 is 2.20 bits per heavy atom. The number of hydrogen-bond donors (Lipinski definition) is 0. The van der Waals surface area contributed by atoms with E-state index in [0.717, 1.165) is 36.6 Å². The van der Waals surface area contributed by atoms with Gasteiger partial charge in [-0.25, -0.2) is 4.98 Å². The number of nitrogens with zero attached hydrogens (tertiary/aromatic N) is 3. The number of aromatic nitrogens is 2. The van der Waals surface area contributed by atoms with Crippen molar-refractivity contribution in [3.63, 3.8) is 0 Å². The molecule has 1 aliphatic heterocycles. The molecule has 0 aliphatic carbocycles. The van der Waals surface area contributed by atoms with E-state index in [2.05, 4.69) is 4.98 Å². The molecule has 0 radical (unpaired) electrons. The zero-order valence-electron chi connectivity index (χ0n) is 8.22. The van der Waals surface area contributed by atoms with Crippen LogP contribution in [-0.4, -0.2) is 33.3 Å². The maximum atomic E-state index is 12.1. The molecule has 0 atom stereocenters. The van der Waals surface area contributed by atoms with Crippen LogP contribution in [0.15, 0.2) is 17.8 Å². The number of carbonyl (C=O) groups excluding carboxylic acids is 1. The average Bonchev–Trinajstić information content (AvgIpc) is 2.94. The lowest BCUT2D eigenvalue weighted by Crippen LogP contribution is -2.28. The maximum absolute atomic E-state index is 12.1. The molecule has 2 aromatic heterocycles. The predicted molar refractivity (Wildman–Crippen MR) is 58.2 cm³/mol. The van der Waals surface area contributed by atoms with Crippen molar-refractivity contribution in [3.8, 4) is 0 Å². The lowest BCUT2D eigenvalue weighted by atomic mass is 10.4. The summed E-state index contributed by atoms with van der Waals surface area (Å²) in [6.07, 6.45) is 5.83. The van der Waals surface area contributed by atoms with Crippen molar-refractivity contribution in [2.75, 3.05) is 13.1 Å². The number of likely N-dealkylation sites (tertiary alicyclic amines) is 1. The van der Waals surface area contributed by atoms with Gasteiger partial charge < -0.3 is 4.90 Å². The standard InChI is InChI=1S/C10H11N3OS/c14-9(12-4-1-2-5-12)8-7-15-10-11-3-6-13(8)10/h3,6-7H,1-2,4-5H2. The highest BCUT2D eigenvalue weighted by atomic mass is 32.1. The molecule has 1 saturated heterocycles. The van der Waals surface area contributed by atoms with E-state index in [1.165, 1.54) is 11.3 Å². The summed E-state index contributed by atoms with van der Waals surface area (Å²) in [5.41, 5.74) is 0.745. The summed E-state index contributed by atoms with van der Waals surface area (Å²) < 4.78 is 1.87. The number of hydrogen-bond acceptors (Lipinski definition) is 3. The Bertz CT molecular complexity index is 495. The molecule has 1 fully saturated rings. The predicted octanol–water partition coefficient (Wildman–Crippen LogP) is 1.63. The van der Waals surface area contributed by atoms with Gasteiger partial charge in [0.15, 0.2) is 4.96 Å². The van der Waals surface area contributed by atoms with Gasteiger partial charge >= 0.3 is 0 Å². The Labute approximate surface area is 91.1 Å². The summed E-state index contributed by atoms with van der Waals surface area (Å²) in [4.78, 5) is 19.1. The molecule has 4 nitrogen and oxygen atoms in total. The van der Waals surface area contributed by atoms with Crippen molar-refractivity contribution < 1.29 is 4.79 Å². The summed E-state index contributed by atoms with van der Waals surface area (Å²) in [6.45, 7) is 1.79. The molecule has 15 heavy (non-hydrogen) atoms. The van der Waals surface area contributed by atoms with Gasteiger partial charge in [-0.1, -0.05) is 0 Å². The van der Waals surface area contributed by atoms with Crippen LogP contribution < -0.4 is 0 Å². The summed E-state index contributed by atoms with van der Waals surface area (Å²) >= 11 is 1.51. The van der Waals surface area contributed by atoms with Crippen LogP contribution >= 0.6 is 11.3 Å². The maximum Gasteiger partial charge on any atom is 0.271 e. The zero-order valence-corrected chi connectivity index (χ0v) is 9.04. The molecule has 1 amide bonds. The van der Waals surface area contributed by atoms with Gasteiger partial charge in [0.1, 0.15) is 5.69 Å². The highest BCUT2D eigenvalue weighted by Crippen LogP contribution is 2.18. The number of fused-ring (bicyclic) bond motifs is 1. The van der Waals surface area contributed by atoms with Gasteiger partial charge in [-0.3, -0.25) is 9.20 Å². The van der Waals surface area contributed by atoms with E-state index in [9.17, 15) is 4.79 Å². The van der Waals surface area contributed by atoms with E-state index in [0.29, 0.717) is 0 Å². The number of imidazole rings is 1. The number of thiazole rings is 1. The molecule has 0 N–H and O–H groups in total. The number of rotatable bonds is 1. The number of carbonyl (C=O) groups is 1. The summed E-state index contributed by atoms with van der Waals surface area (Å²) in [5.74, 6) is 0.136. The van der Waals surface area contributed by atoms with Crippen molar-refractivity contribution in [1.29, 1.82) is 0 Å². The summed E-state index contributed by atoms with van der Waals surface area (Å²) in [6, 6.07) is 0. The van der Waals surface area contributed by atoms with Crippen LogP contribution in [0.3, 0.4) is 0 Å². The van der Waals surface area contributed by atoms with E-state index in [4.69, 9.17) is 0 Å². The molecular formula is C10H11N3OS. The van der Waals surface area contributed by atoms with Crippen LogP contribution in [0.1, 0.15) is 23.3 Å². The second kappa shape index (κ2) is 3.34. The fourth-order valence-corrected chi connectivity index (χ4v) is 2.79. The molecule has 5 heteroatoms. The van der Waals surface area contributed by atoms with Crippen molar-refractivity contribution in [2.45, 2.75) is 12.8 Å². The van der Waals surface area contributed by atoms with E-state index in [-0.39, 0.29) is 5.91 Å². The van der Waals surface area contributed by atoms with Gasteiger partial charge in [-0.2, -0.15) is 0 Å². The Balaban J connectivity index is 1.99. The van der Waals surface area contributed by atoms with Crippen LogP contribution in [0.2, 0.25) is 0 Å². The van der Waals surface area contributed by atoms with Gasteiger partial charge in [-0.05, 0) is 12.8 Å². The zero-order chi connectivity index (χ0) is 10.3. The lowest BCUT2D eigenvalue weighted by Gasteiger charge is -2.13. The van der Waals surface area contributed by atoms with Crippen LogP contribution in [0.25, 0.3) is 4.96 Å². The van der Waals surface area contributed by atoms with Gasteiger partial charge in [0.25, 0.3) is 5.91 Å². The minimum Gasteiger partial charge on any atom is -0.337 e. The average molecular weight is 221 g/mol. The Morgan fingerprint density at radius 1 is 1.40 bits per heavy atom. The van der Waals surface area contributed by atoms with E-state index < -0.39 is 0 Å². The second-order valence-electron chi connectivity index (χ2n) is 3.70. The van der Waals surface area contributed by atoms with Gasteiger partial charge in [0, 0.05) is 30.9 Å². The SMILES string of the molecule is O=C(c1csc2nccn12)N1CCCC1. The fraction of sp³-hybridized carbons (Fsp3) is 0.400. The fourth-order valence-electron chi connectivity index (χ4n) is 1.96. The van der Waals surface area contributed by atoms with Crippen LogP contribution in [-0.2, 0) is 0 Å². The smallest absolute Gasteiger partial charge is 0.271 e. The first-order valence-electron chi connectivity index (χ1n) is 5.06. The Morgan fingerprint density at radius 3 is 3.00 bits per heavy atom. The molecule has 3 rings (SSSR count). The van der Waals surface area contributed by atoms with Crippen LogP contribution in [0.5, 0.6) is 0 Å². The third-order valence-electron chi connectivity index (χ3n) is 2.75.